The van der Waals surface area contributed by atoms with Gasteiger partial charge in [-0.1, -0.05) is 22.0 Å². The molecule has 3 fully saturated rings. The highest BCUT2D eigenvalue weighted by Gasteiger charge is 2.36. The molecule has 1 aromatic carbocycles. The summed E-state index contributed by atoms with van der Waals surface area (Å²) in [5, 5.41) is 3.52. The van der Waals surface area contributed by atoms with Crippen LogP contribution in [0.4, 0.5) is 5.69 Å². The van der Waals surface area contributed by atoms with Crippen LogP contribution in [0.1, 0.15) is 5.56 Å². The number of hydrogen-bond donors (Lipinski definition) is 1. The smallest absolute Gasteiger partial charge is 0.0642 e. The molecule has 3 saturated heterocycles. The van der Waals surface area contributed by atoms with Crippen LogP contribution >= 0.6 is 28.3 Å². The summed E-state index contributed by atoms with van der Waals surface area (Å²) in [6.45, 7) is 9.66. The lowest BCUT2D eigenvalue weighted by Crippen LogP contribution is -2.37. The Kier molecular flexibility index (Phi) is 5.86. The Morgan fingerprint density at radius 3 is 2.52 bits per heavy atom. The Morgan fingerprint density at radius 1 is 1.13 bits per heavy atom. The van der Waals surface area contributed by atoms with Crippen molar-refractivity contribution in [1.82, 2.24) is 10.2 Å². The average Bonchev–Trinajstić information content (AvgIpc) is 3.11. The minimum Gasteiger partial charge on any atom is -0.378 e. The molecule has 0 saturated carbocycles. The summed E-state index contributed by atoms with van der Waals surface area (Å²) in [7, 11) is 0. The molecule has 3 heterocycles. The van der Waals surface area contributed by atoms with Gasteiger partial charge in [-0.25, -0.2) is 0 Å². The van der Waals surface area contributed by atoms with E-state index >= 15 is 0 Å². The van der Waals surface area contributed by atoms with Crippen molar-refractivity contribution < 1.29 is 4.74 Å². The summed E-state index contributed by atoms with van der Waals surface area (Å²) in [5.74, 6) is 1.73. The van der Waals surface area contributed by atoms with Crippen molar-refractivity contribution in [3.8, 4) is 0 Å². The van der Waals surface area contributed by atoms with Crippen LogP contribution in [0.5, 0.6) is 0 Å². The molecule has 2 atom stereocenters. The number of hydrogen-bond acceptors (Lipinski definition) is 4. The van der Waals surface area contributed by atoms with Crippen LogP contribution in [0.2, 0.25) is 0 Å². The molecule has 0 radical (unpaired) electrons. The molecule has 0 bridgehead atoms. The first-order valence-electron chi connectivity index (χ1n) is 8.34. The van der Waals surface area contributed by atoms with E-state index in [1.54, 1.807) is 0 Å². The van der Waals surface area contributed by atoms with Crippen molar-refractivity contribution >= 4 is 34.0 Å². The molecule has 128 valence electrons. The van der Waals surface area contributed by atoms with E-state index < -0.39 is 0 Å². The number of benzene rings is 1. The fourth-order valence-corrected chi connectivity index (χ4v) is 4.44. The monoisotopic (exact) mass is 401 g/mol. The highest BCUT2D eigenvalue weighted by atomic mass is 79.9. The van der Waals surface area contributed by atoms with E-state index in [9.17, 15) is 0 Å². The van der Waals surface area contributed by atoms with E-state index in [0.717, 1.165) is 44.7 Å². The second-order valence-electron chi connectivity index (χ2n) is 6.74. The molecule has 23 heavy (non-hydrogen) atoms. The fraction of sp³-hybridized carbons (Fsp3) is 0.647. The molecule has 1 aromatic rings. The Morgan fingerprint density at radius 2 is 1.83 bits per heavy atom. The maximum absolute atomic E-state index is 5.50. The first-order chi connectivity index (χ1) is 10.8. The summed E-state index contributed by atoms with van der Waals surface area (Å²) in [6, 6.07) is 6.75. The number of anilines is 1. The molecule has 0 amide bonds. The van der Waals surface area contributed by atoms with Crippen LogP contribution in [-0.2, 0) is 11.3 Å². The predicted octanol–water partition coefficient (Wildman–Crippen LogP) is 2.36. The van der Waals surface area contributed by atoms with Crippen LogP contribution < -0.4 is 10.2 Å². The third-order valence-electron chi connectivity index (χ3n) is 5.26. The second-order valence-corrected chi connectivity index (χ2v) is 7.66. The average molecular weight is 403 g/mol. The zero-order valence-corrected chi connectivity index (χ0v) is 15.7. The number of rotatable bonds is 3. The SMILES string of the molecule is Brc1ccc(CN2C[C@H]3CNC[C@H]3C2)c(N2CCOCC2)c1.Cl. The van der Waals surface area contributed by atoms with Gasteiger partial charge < -0.3 is 15.0 Å². The molecule has 3 aliphatic rings. The minimum absolute atomic E-state index is 0. The van der Waals surface area contributed by atoms with Gasteiger partial charge in [-0.3, -0.25) is 4.90 Å². The molecule has 6 heteroatoms. The highest BCUT2D eigenvalue weighted by molar-refractivity contribution is 9.10. The molecule has 4 nitrogen and oxygen atoms in total. The van der Waals surface area contributed by atoms with Crippen molar-refractivity contribution in [2.24, 2.45) is 11.8 Å². The first kappa shape index (κ1) is 17.5. The van der Waals surface area contributed by atoms with Crippen molar-refractivity contribution in [3.63, 3.8) is 0 Å². The molecule has 0 aromatic heterocycles. The van der Waals surface area contributed by atoms with Gasteiger partial charge in [0.1, 0.15) is 0 Å². The van der Waals surface area contributed by atoms with Gasteiger partial charge in [0.15, 0.2) is 0 Å². The lowest BCUT2D eigenvalue weighted by atomic mass is 10.0. The van der Waals surface area contributed by atoms with E-state index in [4.69, 9.17) is 4.74 Å². The molecular weight excluding hydrogens is 378 g/mol. The standard InChI is InChI=1S/C17H24BrN3O.ClH/c18-16-2-1-13(17(7-16)21-3-5-22-6-4-21)10-20-11-14-8-19-9-15(14)12-20;/h1-2,7,14-15,19H,3-6,8-12H2;1H/t14-,15+;. The molecule has 3 aliphatic heterocycles. The van der Waals surface area contributed by atoms with Gasteiger partial charge in [-0.2, -0.15) is 0 Å². The summed E-state index contributed by atoms with van der Waals surface area (Å²) < 4.78 is 6.67. The van der Waals surface area contributed by atoms with E-state index in [1.807, 2.05) is 0 Å². The molecule has 1 N–H and O–H groups in total. The Balaban J connectivity index is 0.00000156. The van der Waals surface area contributed by atoms with Crippen molar-refractivity contribution in [2.45, 2.75) is 6.54 Å². The minimum atomic E-state index is 0. The van der Waals surface area contributed by atoms with Gasteiger partial charge in [0.25, 0.3) is 0 Å². The third kappa shape index (κ3) is 3.85. The van der Waals surface area contributed by atoms with Gasteiger partial charge in [-0.05, 0) is 42.6 Å². The van der Waals surface area contributed by atoms with Crippen LogP contribution in [-0.4, -0.2) is 57.4 Å². The molecule has 0 spiro atoms. The van der Waals surface area contributed by atoms with Gasteiger partial charge >= 0.3 is 0 Å². The summed E-state index contributed by atoms with van der Waals surface area (Å²) in [6.07, 6.45) is 0. The van der Waals surface area contributed by atoms with Gasteiger partial charge in [0.05, 0.1) is 13.2 Å². The number of halogens is 2. The van der Waals surface area contributed by atoms with Crippen LogP contribution in [0, 0.1) is 11.8 Å². The largest absolute Gasteiger partial charge is 0.378 e. The van der Waals surface area contributed by atoms with E-state index in [0.29, 0.717) is 0 Å². The summed E-state index contributed by atoms with van der Waals surface area (Å²) in [5.41, 5.74) is 2.84. The van der Waals surface area contributed by atoms with Crippen LogP contribution in [0.3, 0.4) is 0 Å². The van der Waals surface area contributed by atoms with Gasteiger partial charge in [-0.15, -0.1) is 12.4 Å². The number of likely N-dealkylation sites (tertiary alicyclic amines) is 1. The van der Waals surface area contributed by atoms with Crippen molar-refractivity contribution in [1.29, 1.82) is 0 Å². The first-order valence-corrected chi connectivity index (χ1v) is 9.13. The van der Waals surface area contributed by atoms with E-state index in [-0.39, 0.29) is 12.4 Å². The summed E-state index contributed by atoms with van der Waals surface area (Å²) in [4.78, 5) is 5.12. The molecule has 0 aliphatic carbocycles. The number of fused-ring (bicyclic) bond motifs is 1. The predicted molar refractivity (Wildman–Crippen MR) is 99.5 cm³/mol. The van der Waals surface area contributed by atoms with E-state index in [2.05, 4.69) is 49.2 Å². The Labute approximate surface area is 153 Å². The summed E-state index contributed by atoms with van der Waals surface area (Å²) >= 11 is 3.64. The fourth-order valence-electron chi connectivity index (χ4n) is 4.09. The van der Waals surface area contributed by atoms with E-state index in [1.165, 1.54) is 41.9 Å². The third-order valence-corrected chi connectivity index (χ3v) is 5.75. The van der Waals surface area contributed by atoms with Gasteiger partial charge in [0.2, 0.25) is 0 Å². The Bertz CT molecular complexity index is 527. The van der Waals surface area contributed by atoms with Crippen LogP contribution in [0.25, 0.3) is 0 Å². The topological polar surface area (TPSA) is 27.7 Å². The molecule has 4 rings (SSSR count). The number of nitrogens with zero attached hydrogens (tertiary/aromatic N) is 2. The zero-order valence-electron chi connectivity index (χ0n) is 13.3. The van der Waals surface area contributed by atoms with Gasteiger partial charge in [0, 0.05) is 42.9 Å². The molecule has 0 unspecified atom stereocenters. The van der Waals surface area contributed by atoms with Crippen LogP contribution in [0.15, 0.2) is 22.7 Å². The second kappa shape index (κ2) is 7.70. The van der Waals surface area contributed by atoms with Crippen molar-refractivity contribution in [3.05, 3.63) is 28.2 Å². The number of morpholine rings is 1. The highest BCUT2D eigenvalue weighted by Crippen LogP contribution is 2.31. The lowest BCUT2D eigenvalue weighted by Gasteiger charge is -2.31. The maximum Gasteiger partial charge on any atom is 0.0642 e. The van der Waals surface area contributed by atoms with Crippen molar-refractivity contribution in [2.75, 3.05) is 57.4 Å². The lowest BCUT2D eigenvalue weighted by molar-refractivity contribution is 0.122. The number of ether oxygens (including phenoxy) is 1. The Hall–Kier alpha value is -0.330. The maximum atomic E-state index is 5.50. The zero-order chi connectivity index (χ0) is 14.9. The normalized spacial score (nSPS) is 27.8. The number of nitrogens with one attached hydrogen (secondary N) is 1. The quantitative estimate of drug-likeness (QED) is 0.840. The molecular formula is C17H25BrClN3O.